The first-order chi connectivity index (χ1) is 10.8. The van der Waals surface area contributed by atoms with Gasteiger partial charge >= 0.3 is 0 Å². The summed E-state index contributed by atoms with van der Waals surface area (Å²) in [6, 6.07) is 0. The summed E-state index contributed by atoms with van der Waals surface area (Å²) in [6.07, 6.45) is 26.3. The van der Waals surface area contributed by atoms with Crippen molar-refractivity contribution in [2.45, 2.75) is 136 Å². The standard InChI is InChI=1S/C22H46/c1-4-7-10-13-14-15-18-21-22(19-16-11-8-5-2)20-17-12-9-6-3/h22H,4-21H2,1-3H3. The molecule has 0 aliphatic carbocycles. The molecule has 0 heterocycles. The highest BCUT2D eigenvalue weighted by Gasteiger charge is 2.08. The zero-order valence-corrected chi connectivity index (χ0v) is 16.3. The fourth-order valence-corrected chi connectivity index (χ4v) is 3.54. The molecule has 0 saturated carbocycles. The third-order valence-corrected chi connectivity index (χ3v) is 5.15. The smallest absolute Gasteiger partial charge is 0.0414 e. The van der Waals surface area contributed by atoms with Gasteiger partial charge in [0.2, 0.25) is 0 Å². The second kappa shape index (κ2) is 19.0. The molecule has 0 bridgehead atoms. The Morgan fingerprint density at radius 3 is 1.00 bits per heavy atom. The highest BCUT2D eigenvalue weighted by atomic mass is 14.1. The van der Waals surface area contributed by atoms with E-state index >= 15 is 0 Å². The van der Waals surface area contributed by atoms with Crippen LogP contribution < -0.4 is 0 Å². The van der Waals surface area contributed by atoms with Crippen LogP contribution in [0.2, 0.25) is 0 Å². The van der Waals surface area contributed by atoms with Gasteiger partial charge in [-0.15, -0.1) is 0 Å². The summed E-state index contributed by atoms with van der Waals surface area (Å²) >= 11 is 0. The number of hydrogen-bond donors (Lipinski definition) is 0. The van der Waals surface area contributed by atoms with Crippen LogP contribution in [-0.4, -0.2) is 0 Å². The summed E-state index contributed by atoms with van der Waals surface area (Å²) in [6.45, 7) is 6.95. The average molecular weight is 311 g/mol. The zero-order valence-electron chi connectivity index (χ0n) is 16.3. The predicted octanol–water partition coefficient (Wildman–Crippen LogP) is 8.68. The highest BCUT2D eigenvalue weighted by Crippen LogP contribution is 2.24. The van der Waals surface area contributed by atoms with E-state index < -0.39 is 0 Å². The minimum absolute atomic E-state index is 1.05. The van der Waals surface area contributed by atoms with Gasteiger partial charge in [-0.2, -0.15) is 0 Å². The molecule has 134 valence electrons. The van der Waals surface area contributed by atoms with Crippen molar-refractivity contribution in [1.82, 2.24) is 0 Å². The van der Waals surface area contributed by atoms with Crippen LogP contribution in [-0.2, 0) is 0 Å². The summed E-state index contributed by atoms with van der Waals surface area (Å²) in [7, 11) is 0. The molecule has 0 aliphatic rings. The number of rotatable bonds is 18. The van der Waals surface area contributed by atoms with Crippen LogP contribution in [0.1, 0.15) is 136 Å². The molecule has 0 nitrogen and oxygen atoms in total. The molecule has 0 aromatic heterocycles. The lowest BCUT2D eigenvalue weighted by atomic mass is 9.89. The summed E-state index contributed by atoms with van der Waals surface area (Å²) in [5, 5.41) is 0. The quantitative estimate of drug-likeness (QED) is 0.222. The first-order valence-corrected chi connectivity index (χ1v) is 10.8. The van der Waals surface area contributed by atoms with Gasteiger partial charge in [0, 0.05) is 0 Å². The maximum Gasteiger partial charge on any atom is -0.0414 e. The van der Waals surface area contributed by atoms with Gasteiger partial charge in [-0.3, -0.25) is 0 Å². The minimum Gasteiger partial charge on any atom is -0.0654 e. The predicted molar refractivity (Wildman–Crippen MR) is 104 cm³/mol. The Morgan fingerprint density at radius 1 is 0.364 bits per heavy atom. The number of unbranched alkanes of at least 4 members (excludes halogenated alkanes) is 12. The van der Waals surface area contributed by atoms with Gasteiger partial charge in [-0.25, -0.2) is 0 Å². The van der Waals surface area contributed by atoms with Crippen LogP contribution in [0.3, 0.4) is 0 Å². The normalized spacial score (nSPS) is 11.5. The van der Waals surface area contributed by atoms with E-state index in [-0.39, 0.29) is 0 Å². The minimum atomic E-state index is 1.05. The largest absolute Gasteiger partial charge is 0.0654 e. The molecule has 0 aliphatic heterocycles. The van der Waals surface area contributed by atoms with Crippen molar-refractivity contribution in [3.8, 4) is 0 Å². The summed E-state index contributed by atoms with van der Waals surface area (Å²) in [5.41, 5.74) is 0. The summed E-state index contributed by atoms with van der Waals surface area (Å²) in [4.78, 5) is 0. The van der Waals surface area contributed by atoms with Crippen LogP contribution in [0.5, 0.6) is 0 Å². The fourth-order valence-electron chi connectivity index (χ4n) is 3.54. The first kappa shape index (κ1) is 22.0. The van der Waals surface area contributed by atoms with Gasteiger partial charge in [0.25, 0.3) is 0 Å². The molecule has 0 radical (unpaired) electrons. The molecule has 0 aromatic rings. The lowest BCUT2D eigenvalue weighted by Gasteiger charge is -2.17. The van der Waals surface area contributed by atoms with E-state index in [1.165, 1.54) is 116 Å². The SMILES string of the molecule is CCCCCCCCCC(CCCCCC)CCCCCC. The van der Waals surface area contributed by atoms with E-state index in [0.717, 1.165) is 5.92 Å². The Kier molecular flexibility index (Phi) is 19.0. The Balaban J connectivity index is 3.66. The van der Waals surface area contributed by atoms with Crippen molar-refractivity contribution in [2.24, 2.45) is 5.92 Å². The van der Waals surface area contributed by atoms with E-state index in [0.29, 0.717) is 0 Å². The zero-order chi connectivity index (χ0) is 16.3. The lowest BCUT2D eigenvalue weighted by molar-refractivity contribution is 0.367. The van der Waals surface area contributed by atoms with Crippen molar-refractivity contribution in [3.05, 3.63) is 0 Å². The van der Waals surface area contributed by atoms with Crippen LogP contribution >= 0.6 is 0 Å². The van der Waals surface area contributed by atoms with Gasteiger partial charge in [0.05, 0.1) is 0 Å². The Labute approximate surface area is 142 Å². The molecular weight excluding hydrogens is 264 g/mol. The molecule has 0 fully saturated rings. The molecule has 0 atom stereocenters. The molecule has 0 heteroatoms. The maximum absolute atomic E-state index is 2.32. The van der Waals surface area contributed by atoms with Crippen molar-refractivity contribution < 1.29 is 0 Å². The van der Waals surface area contributed by atoms with Crippen LogP contribution in [0.4, 0.5) is 0 Å². The Bertz CT molecular complexity index is 172. The topological polar surface area (TPSA) is 0 Å². The van der Waals surface area contributed by atoms with Crippen LogP contribution in [0.25, 0.3) is 0 Å². The average Bonchev–Trinajstić information content (AvgIpc) is 2.53. The van der Waals surface area contributed by atoms with E-state index in [4.69, 9.17) is 0 Å². The molecule has 22 heavy (non-hydrogen) atoms. The fraction of sp³-hybridized carbons (Fsp3) is 1.00. The molecule has 0 spiro atoms. The molecule has 0 amide bonds. The highest BCUT2D eigenvalue weighted by molar-refractivity contribution is 4.61. The van der Waals surface area contributed by atoms with Crippen molar-refractivity contribution >= 4 is 0 Å². The van der Waals surface area contributed by atoms with E-state index in [1.54, 1.807) is 0 Å². The van der Waals surface area contributed by atoms with E-state index in [1.807, 2.05) is 0 Å². The molecule has 0 N–H and O–H groups in total. The van der Waals surface area contributed by atoms with E-state index in [2.05, 4.69) is 20.8 Å². The molecular formula is C22H46. The van der Waals surface area contributed by atoms with Crippen molar-refractivity contribution in [3.63, 3.8) is 0 Å². The first-order valence-electron chi connectivity index (χ1n) is 10.8. The van der Waals surface area contributed by atoms with Gasteiger partial charge < -0.3 is 0 Å². The van der Waals surface area contributed by atoms with E-state index in [9.17, 15) is 0 Å². The third-order valence-electron chi connectivity index (χ3n) is 5.15. The molecule has 0 aromatic carbocycles. The van der Waals surface area contributed by atoms with Crippen molar-refractivity contribution in [1.29, 1.82) is 0 Å². The maximum atomic E-state index is 2.32. The Hall–Kier alpha value is 0. The third kappa shape index (κ3) is 16.4. The lowest BCUT2D eigenvalue weighted by Crippen LogP contribution is -2.01. The van der Waals surface area contributed by atoms with Gasteiger partial charge in [0.1, 0.15) is 0 Å². The molecule has 0 saturated heterocycles. The summed E-state index contributed by atoms with van der Waals surface area (Å²) < 4.78 is 0. The number of hydrogen-bond acceptors (Lipinski definition) is 0. The van der Waals surface area contributed by atoms with Crippen LogP contribution in [0, 0.1) is 5.92 Å². The van der Waals surface area contributed by atoms with Gasteiger partial charge in [-0.05, 0) is 5.92 Å². The summed E-state index contributed by atoms with van der Waals surface area (Å²) in [5.74, 6) is 1.05. The van der Waals surface area contributed by atoms with Crippen LogP contribution in [0.15, 0.2) is 0 Å². The molecule has 0 rings (SSSR count). The second-order valence-corrected chi connectivity index (χ2v) is 7.47. The van der Waals surface area contributed by atoms with Gasteiger partial charge in [-0.1, -0.05) is 136 Å². The second-order valence-electron chi connectivity index (χ2n) is 7.47. The molecule has 0 unspecified atom stereocenters. The monoisotopic (exact) mass is 310 g/mol. The van der Waals surface area contributed by atoms with Gasteiger partial charge in [0.15, 0.2) is 0 Å². The van der Waals surface area contributed by atoms with Crippen molar-refractivity contribution in [2.75, 3.05) is 0 Å². The Morgan fingerprint density at radius 2 is 0.636 bits per heavy atom.